The van der Waals surface area contributed by atoms with Gasteiger partial charge in [-0.15, -0.1) is 11.3 Å². The molecule has 0 fully saturated rings. The molecule has 0 unspecified atom stereocenters. The highest BCUT2D eigenvalue weighted by Crippen LogP contribution is 2.35. The van der Waals surface area contributed by atoms with Gasteiger partial charge in [0.2, 0.25) is 0 Å². The molecule has 25 heavy (non-hydrogen) atoms. The van der Waals surface area contributed by atoms with Crippen LogP contribution in [0.4, 0.5) is 0 Å². The van der Waals surface area contributed by atoms with Crippen LogP contribution in [0.5, 0.6) is 11.5 Å². The largest absolute Gasteiger partial charge is 0.486 e. The second-order valence-electron chi connectivity index (χ2n) is 6.53. The predicted molar refractivity (Wildman–Crippen MR) is 98.8 cm³/mol. The first-order chi connectivity index (χ1) is 12.3. The SMILES string of the molecule is CCN(Cc1cccc2c1OCCO2)C(=O)c1cc2c(s1)CCCC2. The maximum absolute atomic E-state index is 13.0. The van der Waals surface area contributed by atoms with Crippen molar-refractivity contribution in [2.45, 2.75) is 39.2 Å². The molecule has 2 aromatic rings. The van der Waals surface area contributed by atoms with Crippen LogP contribution in [0.25, 0.3) is 0 Å². The third-order valence-electron chi connectivity index (χ3n) is 4.89. The highest BCUT2D eigenvalue weighted by atomic mass is 32.1. The summed E-state index contributed by atoms with van der Waals surface area (Å²) in [5, 5.41) is 0. The van der Waals surface area contributed by atoms with E-state index in [0.29, 0.717) is 26.3 Å². The number of para-hydroxylation sites is 1. The van der Waals surface area contributed by atoms with Gasteiger partial charge in [0.1, 0.15) is 13.2 Å². The smallest absolute Gasteiger partial charge is 0.264 e. The highest BCUT2D eigenvalue weighted by Gasteiger charge is 2.23. The molecular formula is C20H23NO3S. The Labute approximate surface area is 152 Å². The molecular weight excluding hydrogens is 334 g/mol. The van der Waals surface area contributed by atoms with Gasteiger partial charge in [-0.25, -0.2) is 0 Å². The van der Waals surface area contributed by atoms with Crippen LogP contribution in [0, 0.1) is 0 Å². The van der Waals surface area contributed by atoms with E-state index in [1.54, 1.807) is 11.3 Å². The zero-order valence-electron chi connectivity index (χ0n) is 14.5. The maximum Gasteiger partial charge on any atom is 0.264 e. The summed E-state index contributed by atoms with van der Waals surface area (Å²) in [6.45, 7) is 4.38. The number of carbonyl (C=O) groups is 1. The lowest BCUT2D eigenvalue weighted by atomic mass is 9.99. The molecule has 0 N–H and O–H groups in total. The Hall–Kier alpha value is -2.01. The van der Waals surface area contributed by atoms with E-state index in [1.165, 1.54) is 23.3 Å². The fraction of sp³-hybridized carbons (Fsp3) is 0.450. The number of benzene rings is 1. The molecule has 0 bridgehead atoms. The monoisotopic (exact) mass is 357 g/mol. The lowest BCUT2D eigenvalue weighted by molar-refractivity contribution is 0.0754. The number of thiophene rings is 1. The van der Waals surface area contributed by atoms with Crippen molar-refractivity contribution in [3.05, 3.63) is 45.1 Å². The summed E-state index contributed by atoms with van der Waals surface area (Å²) >= 11 is 1.68. The quantitative estimate of drug-likeness (QED) is 0.828. The van der Waals surface area contributed by atoms with Gasteiger partial charge in [-0.05, 0) is 50.3 Å². The minimum absolute atomic E-state index is 0.122. The summed E-state index contributed by atoms with van der Waals surface area (Å²) in [4.78, 5) is 17.2. The zero-order valence-corrected chi connectivity index (χ0v) is 15.4. The van der Waals surface area contributed by atoms with E-state index in [0.717, 1.165) is 34.8 Å². The van der Waals surface area contributed by atoms with Gasteiger partial charge in [0, 0.05) is 23.5 Å². The molecule has 1 amide bonds. The van der Waals surface area contributed by atoms with Crippen molar-refractivity contribution >= 4 is 17.2 Å². The van der Waals surface area contributed by atoms with Gasteiger partial charge in [-0.2, -0.15) is 0 Å². The Balaban J connectivity index is 1.56. The molecule has 1 aliphatic heterocycles. The topological polar surface area (TPSA) is 38.8 Å². The molecule has 1 aliphatic carbocycles. The second-order valence-corrected chi connectivity index (χ2v) is 7.66. The van der Waals surface area contributed by atoms with Crippen LogP contribution in [-0.4, -0.2) is 30.6 Å². The van der Waals surface area contributed by atoms with Crippen molar-refractivity contribution in [3.63, 3.8) is 0 Å². The van der Waals surface area contributed by atoms with E-state index in [2.05, 4.69) is 6.07 Å². The highest BCUT2D eigenvalue weighted by molar-refractivity contribution is 7.14. The van der Waals surface area contributed by atoms with Crippen molar-refractivity contribution < 1.29 is 14.3 Å². The van der Waals surface area contributed by atoms with E-state index < -0.39 is 0 Å². The standard InChI is InChI=1S/C20H23NO3S/c1-2-21(13-15-7-5-8-16-19(15)24-11-10-23-16)20(22)18-12-14-6-3-4-9-17(14)25-18/h5,7-8,12H,2-4,6,9-11,13H2,1H3. The molecule has 1 aromatic carbocycles. The number of amides is 1. The number of aryl methyl sites for hydroxylation is 2. The van der Waals surface area contributed by atoms with Crippen LogP contribution in [0.15, 0.2) is 24.3 Å². The molecule has 2 heterocycles. The third kappa shape index (κ3) is 3.25. The van der Waals surface area contributed by atoms with E-state index in [-0.39, 0.29) is 5.91 Å². The number of ether oxygens (including phenoxy) is 2. The summed E-state index contributed by atoms with van der Waals surface area (Å²) in [7, 11) is 0. The number of carbonyl (C=O) groups excluding carboxylic acids is 1. The van der Waals surface area contributed by atoms with Crippen molar-refractivity contribution in [1.29, 1.82) is 0 Å². The van der Waals surface area contributed by atoms with Gasteiger partial charge in [-0.1, -0.05) is 12.1 Å². The summed E-state index contributed by atoms with van der Waals surface area (Å²) < 4.78 is 11.4. The number of hydrogen-bond acceptors (Lipinski definition) is 4. The van der Waals surface area contributed by atoms with Crippen LogP contribution in [0.1, 0.15) is 45.4 Å². The number of fused-ring (bicyclic) bond motifs is 2. The molecule has 0 radical (unpaired) electrons. The van der Waals surface area contributed by atoms with Crippen LogP contribution in [-0.2, 0) is 19.4 Å². The molecule has 0 atom stereocenters. The van der Waals surface area contributed by atoms with Crippen LogP contribution in [0.3, 0.4) is 0 Å². The van der Waals surface area contributed by atoms with Crippen LogP contribution >= 0.6 is 11.3 Å². The maximum atomic E-state index is 13.0. The average Bonchev–Trinajstić information content (AvgIpc) is 3.10. The van der Waals surface area contributed by atoms with Crippen LogP contribution < -0.4 is 9.47 Å². The van der Waals surface area contributed by atoms with E-state index in [4.69, 9.17) is 9.47 Å². The summed E-state index contributed by atoms with van der Waals surface area (Å²) in [6, 6.07) is 8.02. The average molecular weight is 357 g/mol. The molecule has 5 heteroatoms. The van der Waals surface area contributed by atoms with Gasteiger partial charge in [0.25, 0.3) is 5.91 Å². The van der Waals surface area contributed by atoms with Gasteiger partial charge in [0.05, 0.1) is 4.88 Å². The van der Waals surface area contributed by atoms with Crippen molar-refractivity contribution in [3.8, 4) is 11.5 Å². The number of rotatable bonds is 4. The second kappa shape index (κ2) is 7.08. The Morgan fingerprint density at radius 3 is 2.88 bits per heavy atom. The van der Waals surface area contributed by atoms with Gasteiger partial charge >= 0.3 is 0 Å². The third-order valence-corrected chi connectivity index (χ3v) is 6.11. The summed E-state index contributed by atoms with van der Waals surface area (Å²) in [6.07, 6.45) is 4.72. The lowest BCUT2D eigenvalue weighted by Crippen LogP contribution is -2.30. The van der Waals surface area contributed by atoms with E-state index in [1.807, 2.05) is 30.0 Å². The molecule has 0 saturated carbocycles. The first kappa shape index (κ1) is 16.5. The van der Waals surface area contributed by atoms with E-state index >= 15 is 0 Å². The summed E-state index contributed by atoms with van der Waals surface area (Å²) in [5.74, 6) is 1.68. The Kier molecular flexibility index (Phi) is 4.66. The first-order valence-corrected chi connectivity index (χ1v) is 9.86. The molecule has 132 valence electrons. The molecule has 4 nitrogen and oxygen atoms in total. The molecule has 0 spiro atoms. The molecule has 0 saturated heterocycles. The molecule has 4 rings (SSSR count). The fourth-order valence-electron chi connectivity index (χ4n) is 3.54. The van der Waals surface area contributed by atoms with Crippen molar-refractivity contribution in [2.24, 2.45) is 0 Å². The zero-order chi connectivity index (χ0) is 17.2. The minimum atomic E-state index is 0.122. The lowest BCUT2D eigenvalue weighted by Gasteiger charge is -2.25. The summed E-state index contributed by atoms with van der Waals surface area (Å²) in [5.41, 5.74) is 2.39. The molecule has 1 aromatic heterocycles. The number of hydrogen-bond donors (Lipinski definition) is 0. The normalized spacial score (nSPS) is 15.6. The predicted octanol–water partition coefficient (Wildman–Crippen LogP) is 4.06. The van der Waals surface area contributed by atoms with Gasteiger partial charge in [-0.3, -0.25) is 4.79 Å². The van der Waals surface area contributed by atoms with E-state index in [9.17, 15) is 4.79 Å². The van der Waals surface area contributed by atoms with Crippen molar-refractivity contribution in [2.75, 3.05) is 19.8 Å². The Morgan fingerprint density at radius 1 is 1.20 bits per heavy atom. The van der Waals surface area contributed by atoms with Crippen molar-refractivity contribution in [1.82, 2.24) is 4.90 Å². The first-order valence-electron chi connectivity index (χ1n) is 9.04. The minimum Gasteiger partial charge on any atom is -0.486 e. The Bertz CT molecular complexity index is 760. The Morgan fingerprint density at radius 2 is 2.04 bits per heavy atom. The fourth-order valence-corrected chi connectivity index (χ4v) is 4.76. The van der Waals surface area contributed by atoms with Crippen LogP contribution in [0.2, 0.25) is 0 Å². The van der Waals surface area contributed by atoms with Gasteiger partial charge in [0.15, 0.2) is 11.5 Å². The van der Waals surface area contributed by atoms with Gasteiger partial charge < -0.3 is 14.4 Å². The number of nitrogens with zero attached hydrogens (tertiary/aromatic N) is 1. The molecule has 2 aliphatic rings.